The molecule has 2 bridgehead atoms. The Hall–Kier alpha value is -1.38. The average Bonchev–Trinajstić information content (AvgIpc) is 2.27. The number of fused-ring (bicyclic) bond motifs is 2. The molecule has 0 unspecified atom stereocenters. The zero-order valence-electron chi connectivity index (χ0n) is 10.0. The highest BCUT2D eigenvalue weighted by Crippen LogP contribution is 2.36. The summed E-state index contributed by atoms with van der Waals surface area (Å²) in [6.45, 7) is 0. The fraction of sp³-hybridized carbons (Fsp3) is 0.571. The molecule has 2 aliphatic heterocycles. The van der Waals surface area contributed by atoms with Gasteiger partial charge >= 0.3 is 0 Å². The molecule has 0 saturated carbocycles. The van der Waals surface area contributed by atoms with Gasteiger partial charge in [-0.15, -0.1) is 0 Å². The van der Waals surface area contributed by atoms with Gasteiger partial charge in [0.05, 0.1) is 0 Å². The van der Waals surface area contributed by atoms with Crippen LogP contribution in [0.2, 0.25) is 0 Å². The van der Waals surface area contributed by atoms with Crippen molar-refractivity contribution in [2.75, 3.05) is 0 Å². The van der Waals surface area contributed by atoms with E-state index in [0.29, 0.717) is 17.8 Å². The Morgan fingerprint density at radius 3 is 2.59 bits per heavy atom. The van der Waals surface area contributed by atoms with E-state index in [1.165, 1.54) is 38.5 Å². The van der Waals surface area contributed by atoms with Crippen LogP contribution >= 0.6 is 0 Å². The Morgan fingerprint density at radius 2 is 1.94 bits per heavy atom. The fourth-order valence-corrected chi connectivity index (χ4v) is 3.11. The van der Waals surface area contributed by atoms with Crippen molar-refractivity contribution in [3.8, 4) is 0 Å². The second-order valence-electron chi connectivity index (χ2n) is 5.11. The van der Waals surface area contributed by atoms with Gasteiger partial charge in [-0.3, -0.25) is 9.78 Å². The number of rotatable bonds is 1. The minimum Gasteiger partial charge on any atom is -0.331 e. The predicted octanol–water partition coefficient (Wildman–Crippen LogP) is 2.63. The maximum atomic E-state index is 12.4. The van der Waals surface area contributed by atoms with E-state index < -0.39 is 0 Å². The first-order valence-corrected chi connectivity index (χ1v) is 6.60. The molecule has 3 heteroatoms. The zero-order valence-corrected chi connectivity index (χ0v) is 10.0. The molecule has 17 heavy (non-hydrogen) atoms. The molecule has 0 radical (unpaired) electrons. The first-order valence-electron chi connectivity index (χ1n) is 6.60. The summed E-state index contributed by atoms with van der Waals surface area (Å²) in [7, 11) is 0. The summed E-state index contributed by atoms with van der Waals surface area (Å²) in [4.78, 5) is 18.6. The van der Waals surface area contributed by atoms with E-state index >= 15 is 0 Å². The van der Waals surface area contributed by atoms with Gasteiger partial charge < -0.3 is 4.90 Å². The quantitative estimate of drug-likeness (QED) is 0.743. The third-order valence-electron chi connectivity index (χ3n) is 4.02. The molecule has 2 saturated heterocycles. The molecule has 2 aliphatic rings. The van der Waals surface area contributed by atoms with E-state index in [9.17, 15) is 4.79 Å². The Bertz CT molecular complexity index is 388. The lowest BCUT2D eigenvalue weighted by molar-refractivity contribution is 0.00253. The van der Waals surface area contributed by atoms with Crippen LogP contribution in [0.25, 0.3) is 0 Å². The van der Waals surface area contributed by atoms with Crippen LogP contribution in [0.3, 0.4) is 0 Å². The molecule has 2 atom stereocenters. The van der Waals surface area contributed by atoms with Crippen LogP contribution in [-0.2, 0) is 0 Å². The van der Waals surface area contributed by atoms with Gasteiger partial charge in [0.15, 0.2) is 0 Å². The van der Waals surface area contributed by atoms with Crippen LogP contribution in [0.4, 0.5) is 0 Å². The van der Waals surface area contributed by atoms with E-state index in [2.05, 4.69) is 9.88 Å². The summed E-state index contributed by atoms with van der Waals surface area (Å²) in [5.41, 5.74) is 0.600. The number of carbonyl (C=O) groups excluding carboxylic acids is 1. The van der Waals surface area contributed by atoms with Crippen molar-refractivity contribution in [3.05, 3.63) is 30.1 Å². The Labute approximate surface area is 102 Å². The molecular formula is C14H18N2O. The van der Waals surface area contributed by atoms with Crippen molar-refractivity contribution in [2.24, 2.45) is 0 Å². The lowest BCUT2D eigenvalue weighted by Crippen LogP contribution is -2.59. The third kappa shape index (κ3) is 1.94. The molecular weight excluding hydrogens is 212 g/mol. The van der Waals surface area contributed by atoms with E-state index in [4.69, 9.17) is 0 Å². The predicted molar refractivity (Wildman–Crippen MR) is 65.7 cm³/mol. The second-order valence-corrected chi connectivity index (χ2v) is 5.11. The monoisotopic (exact) mass is 230 g/mol. The Kier molecular flexibility index (Phi) is 2.83. The Balaban J connectivity index is 1.78. The molecule has 0 spiro atoms. The lowest BCUT2D eigenvalue weighted by atomic mass is 9.82. The van der Waals surface area contributed by atoms with Crippen LogP contribution in [0.1, 0.15) is 49.0 Å². The summed E-state index contributed by atoms with van der Waals surface area (Å²) >= 11 is 0. The van der Waals surface area contributed by atoms with Gasteiger partial charge in [0.2, 0.25) is 0 Å². The summed E-state index contributed by atoms with van der Waals surface area (Å²) in [6, 6.07) is 6.52. The maximum absolute atomic E-state index is 12.4. The molecule has 2 fully saturated rings. The smallest absolute Gasteiger partial charge is 0.272 e. The first-order chi connectivity index (χ1) is 8.36. The van der Waals surface area contributed by atoms with E-state index in [0.717, 1.165) is 0 Å². The normalized spacial score (nSPS) is 27.9. The minimum atomic E-state index is 0.133. The second kappa shape index (κ2) is 4.47. The fourth-order valence-electron chi connectivity index (χ4n) is 3.11. The van der Waals surface area contributed by atoms with Crippen LogP contribution in [-0.4, -0.2) is 27.9 Å². The number of nitrogens with zero attached hydrogens (tertiary/aromatic N) is 2. The molecule has 90 valence electrons. The largest absolute Gasteiger partial charge is 0.331 e. The minimum absolute atomic E-state index is 0.133. The van der Waals surface area contributed by atoms with Crippen LogP contribution < -0.4 is 0 Å². The maximum Gasteiger partial charge on any atom is 0.272 e. The number of hydrogen-bond acceptors (Lipinski definition) is 2. The number of hydrogen-bond donors (Lipinski definition) is 0. The number of pyridine rings is 1. The van der Waals surface area contributed by atoms with Crippen molar-refractivity contribution in [2.45, 2.75) is 50.6 Å². The summed E-state index contributed by atoms with van der Waals surface area (Å²) in [6.07, 6.45) is 9.12. The van der Waals surface area contributed by atoms with Crippen LogP contribution in [0, 0.1) is 0 Å². The van der Waals surface area contributed by atoms with Crippen molar-refractivity contribution in [3.63, 3.8) is 0 Å². The molecule has 0 aromatic carbocycles. The summed E-state index contributed by atoms with van der Waals surface area (Å²) in [5.74, 6) is 0.133. The molecule has 1 aromatic heterocycles. The van der Waals surface area contributed by atoms with Gasteiger partial charge in [0.25, 0.3) is 5.91 Å². The highest BCUT2D eigenvalue weighted by Gasteiger charge is 2.42. The highest BCUT2D eigenvalue weighted by atomic mass is 16.2. The van der Waals surface area contributed by atoms with Crippen molar-refractivity contribution in [1.29, 1.82) is 0 Å². The number of carbonyl (C=O) groups is 1. The van der Waals surface area contributed by atoms with Gasteiger partial charge in [-0.25, -0.2) is 0 Å². The molecule has 1 amide bonds. The molecule has 3 heterocycles. The van der Waals surface area contributed by atoms with Gasteiger partial charge in [0.1, 0.15) is 5.69 Å². The first kappa shape index (κ1) is 10.8. The van der Waals surface area contributed by atoms with Crippen LogP contribution in [0.15, 0.2) is 24.4 Å². The molecule has 0 N–H and O–H groups in total. The van der Waals surface area contributed by atoms with Gasteiger partial charge in [-0.2, -0.15) is 0 Å². The zero-order chi connectivity index (χ0) is 11.7. The van der Waals surface area contributed by atoms with Gasteiger partial charge in [-0.1, -0.05) is 25.3 Å². The van der Waals surface area contributed by atoms with Crippen molar-refractivity contribution < 1.29 is 4.79 Å². The third-order valence-corrected chi connectivity index (χ3v) is 4.02. The molecule has 1 aromatic rings. The van der Waals surface area contributed by atoms with E-state index in [1.54, 1.807) is 6.20 Å². The van der Waals surface area contributed by atoms with Gasteiger partial charge in [-0.05, 0) is 31.4 Å². The van der Waals surface area contributed by atoms with Crippen molar-refractivity contribution >= 4 is 5.91 Å². The molecule has 3 rings (SSSR count). The van der Waals surface area contributed by atoms with E-state index in [1.807, 2.05) is 18.2 Å². The lowest BCUT2D eigenvalue weighted by Gasteiger charge is -2.50. The van der Waals surface area contributed by atoms with Crippen LogP contribution in [0.5, 0.6) is 0 Å². The average molecular weight is 230 g/mol. The number of aromatic nitrogens is 1. The topological polar surface area (TPSA) is 33.2 Å². The summed E-state index contributed by atoms with van der Waals surface area (Å²) < 4.78 is 0. The van der Waals surface area contributed by atoms with Crippen molar-refractivity contribution in [1.82, 2.24) is 9.88 Å². The van der Waals surface area contributed by atoms with Gasteiger partial charge in [0, 0.05) is 18.3 Å². The Morgan fingerprint density at radius 1 is 1.18 bits per heavy atom. The number of amides is 1. The molecule has 3 nitrogen and oxygen atoms in total. The molecule has 0 aliphatic carbocycles. The van der Waals surface area contributed by atoms with E-state index in [-0.39, 0.29) is 5.91 Å². The highest BCUT2D eigenvalue weighted by molar-refractivity contribution is 5.93. The standard InChI is InChI=1S/C14H18N2O/c17-14(13-8-4-5-9-15-13)16-11-6-2-1-3-7-12(16)10-11/h4-5,8-9,11-12H,1-3,6-7,10H2/t11-,12+. The SMILES string of the molecule is O=C(c1ccccn1)N1[C@@H]2CCCCC[C@H]1C2. The summed E-state index contributed by atoms with van der Waals surface area (Å²) in [5, 5.41) is 0.